The molecule has 1 aliphatic carbocycles. The van der Waals surface area contributed by atoms with Crippen LogP contribution in [0.3, 0.4) is 0 Å². The molecule has 1 aliphatic rings. The van der Waals surface area contributed by atoms with Crippen molar-refractivity contribution in [3.63, 3.8) is 0 Å². The first kappa shape index (κ1) is 15.1. The molecule has 0 radical (unpaired) electrons. The standard InChI is InChI=1S/C12H22N2O3S/c1-8(2)9(10(15)16)14-11(17)13-7-12(18-3)5-4-6-12/h8-9H,4-7H2,1-3H3,(H,15,16)(H2,13,14,17)/t9-/m1/s1. The maximum absolute atomic E-state index is 11.7. The Balaban J connectivity index is 2.39. The summed E-state index contributed by atoms with van der Waals surface area (Å²) in [4.78, 5) is 22.6. The van der Waals surface area contributed by atoms with Crippen LogP contribution in [0.15, 0.2) is 0 Å². The van der Waals surface area contributed by atoms with Gasteiger partial charge in [0.25, 0.3) is 0 Å². The molecule has 1 rings (SSSR count). The molecule has 0 bridgehead atoms. The zero-order valence-electron chi connectivity index (χ0n) is 11.2. The number of hydrogen-bond donors (Lipinski definition) is 3. The van der Waals surface area contributed by atoms with Gasteiger partial charge in [-0.25, -0.2) is 9.59 Å². The Labute approximate surface area is 112 Å². The average molecular weight is 274 g/mol. The molecule has 1 atom stereocenters. The van der Waals surface area contributed by atoms with Crippen LogP contribution in [0.1, 0.15) is 33.1 Å². The molecule has 0 aromatic rings. The molecule has 1 saturated carbocycles. The van der Waals surface area contributed by atoms with Crippen molar-refractivity contribution < 1.29 is 14.7 Å². The lowest BCUT2D eigenvalue weighted by atomic mass is 9.84. The maximum atomic E-state index is 11.7. The molecule has 104 valence electrons. The monoisotopic (exact) mass is 274 g/mol. The van der Waals surface area contributed by atoms with Crippen molar-refractivity contribution in [2.45, 2.75) is 43.9 Å². The summed E-state index contributed by atoms with van der Waals surface area (Å²) in [5.41, 5.74) is 0. The summed E-state index contributed by atoms with van der Waals surface area (Å²) in [5, 5.41) is 14.3. The topological polar surface area (TPSA) is 78.4 Å². The van der Waals surface area contributed by atoms with E-state index in [1.807, 2.05) is 6.26 Å². The van der Waals surface area contributed by atoms with Gasteiger partial charge >= 0.3 is 12.0 Å². The van der Waals surface area contributed by atoms with Crippen molar-refractivity contribution in [1.82, 2.24) is 10.6 Å². The smallest absolute Gasteiger partial charge is 0.326 e. The quantitative estimate of drug-likeness (QED) is 0.688. The van der Waals surface area contributed by atoms with Crippen LogP contribution in [0.4, 0.5) is 4.79 Å². The van der Waals surface area contributed by atoms with E-state index in [-0.39, 0.29) is 10.7 Å². The van der Waals surface area contributed by atoms with Gasteiger partial charge < -0.3 is 15.7 Å². The second-order valence-corrected chi connectivity index (χ2v) is 6.40. The average Bonchev–Trinajstić information content (AvgIpc) is 2.24. The molecule has 5 nitrogen and oxygen atoms in total. The fourth-order valence-corrected chi connectivity index (χ4v) is 2.88. The Kier molecular flexibility index (Phi) is 5.31. The molecule has 6 heteroatoms. The predicted octanol–water partition coefficient (Wildman–Crippen LogP) is 1.68. The maximum Gasteiger partial charge on any atom is 0.326 e. The van der Waals surface area contributed by atoms with Gasteiger partial charge in [0.1, 0.15) is 6.04 Å². The largest absolute Gasteiger partial charge is 0.480 e. The molecular weight excluding hydrogens is 252 g/mol. The van der Waals surface area contributed by atoms with Gasteiger partial charge in [-0.15, -0.1) is 0 Å². The van der Waals surface area contributed by atoms with Gasteiger partial charge in [-0.1, -0.05) is 20.3 Å². The fourth-order valence-electron chi connectivity index (χ4n) is 1.97. The van der Waals surface area contributed by atoms with Crippen LogP contribution < -0.4 is 10.6 Å². The van der Waals surface area contributed by atoms with E-state index in [0.29, 0.717) is 6.54 Å². The van der Waals surface area contributed by atoms with Gasteiger partial charge in [0.15, 0.2) is 0 Å². The van der Waals surface area contributed by atoms with Gasteiger partial charge in [0.05, 0.1) is 0 Å². The summed E-state index contributed by atoms with van der Waals surface area (Å²) in [7, 11) is 0. The van der Waals surface area contributed by atoms with Crippen molar-refractivity contribution in [2.24, 2.45) is 5.92 Å². The lowest BCUT2D eigenvalue weighted by Crippen LogP contribution is -2.52. The first-order valence-electron chi connectivity index (χ1n) is 6.22. The number of carbonyl (C=O) groups is 2. The van der Waals surface area contributed by atoms with Crippen molar-refractivity contribution in [2.75, 3.05) is 12.8 Å². The Bertz CT molecular complexity index is 311. The van der Waals surface area contributed by atoms with Crippen LogP contribution in [-0.4, -0.2) is 40.7 Å². The van der Waals surface area contributed by atoms with E-state index in [1.54, 1.807) is 25.6 Å². The Morgan fingerprint density at radius 1 is 1.39 bits per heavy atom. The minimum absolute atomic E-state index is 0.133. The summed E-state index contributed by atoms with van der Waals surface area (Å²) in [6.07, 6.45) is 5.47. The number of aliphatic carboxylic acids is 1. The molecule has 0 aromatic heterocycles. The van der Waals surface area contributed by atoms with Gasteiger partial charge in [0.2, 0.25) is 0 Å². The van der Waals surface area contributed by atoms with Crippen LogP contribution in [0.5, 0.6) is 0 Å². The Hall–Kier alpha value is -0.910. The second-order valence-electron chi connectivity index (χ2n) is 5.13. The van der Waals surface area contributed by atoms with Crippen LogP contribution in [0, 0.1) is 5.92 Å². The first-order valence-corrected chi connectivity index (χ1v) is 7.45. The van der Waals surface area contributed by atoms with E-state index in [0.717, 1.165) is 12.8 Å². The second kappa shape index (κ2) is 6.31. The van der Waals surface area contributed by atoms with Crippen LogP contribution >= 0.6 is 11.8 Å². The normalized spacial score (nSPS) is 18.9. The van der Waals surface area contributed by atoms with E-state index in [1.165, 1.54) is 6.42 Å². The highest BCUT2D eigenvalue weighted by atomic mass is 32.2. The molecule has 0 unspecified atom stereocenters. The van der Waals surface area contributed by atoms with Gasteiger partial charge in [-0.05, 0) is 25.0 Å². The summed E-state index contributed by atoms with van der Waals surface area (Å²) in [5.74, 6) is -1.13. The fraction of sp³-hybridized carbons (Fsp3) is 0.833. The van der Waals surface area contributed by atoms with E-state index < -0.39 is 18.0 Å². The molecule has 2 amide bonds. The third-order valence-corrected chi connectivity index (χ3v) is 4.91. The van der Waals surface area contributed by atoms with Gasteiger partial charge in [-0.3, -0.25) is 0 Å². The van der Waals surface area contributed by atoms with E-state index in [2.05, 4.69) is 10.6 Å². The third-order valence-electron chi connectivity index (χ3n) is 3.49. The van der Waals surface area contributed by atoms with Crippen molar-refractivity contribution >= 4 is 23.8 Å². The summed E-state index contributed by atoms with van der Waals surface area (Å²) in [6, 6.07) is -1.23. The van der Waals surface area contributed by atoms with E-state index >= 15 is 0 Å². The SMILES string of the molecule is CSC1(CNC(=O)N[C@@H](C(=O)O)C(C)C)CCC1. The number of nitrogens with one attached hydrogen (secondary N) is 2. The number of hydrogen-bond acceptors (Lipinski definition) is 3. The van der Waals surface area contributed by atoms with Crippen molar-refractivity contribution in [1.29, 1.82) is 0 Å². The number of rotatable bonds is 6. The molecule has 0 heterocycles. The Morgan fingerprint density at radius 3 is 2.33 bits per heavy atom. The van der Waals surface area contributed by atoms with Crippen LogP contribution in [-0.2, 0) is 4.79 Å². The lowest BCUT2D eigenvalue weighted by molar-refractivity contribution is -0.140. The summed E-state index contributed by atoms with van der Waals surface area (Å²) < 4.78 is 0.161. The zero-order valence-corrected chi connectivity index (χ0v) is 12.0. The molecule has 0 aliphatic heterocycles. The first-order chi connectivity index (χ1) is 8.40. The summed E-state index contributed by atoms with van der Waals surface area (Å²) >= 11 is 1.77. The number of carboxylic acids is 1. The number of carboxylic acid groups (broad SMARTS) is 1. The van der Waals surface area contributed by atoms with Crippen molar-refractivity contribution in [3.8, 4) is 0 Å². The molecular formula is C12H22N2O3S. The number of carbonyl (C=O) groups excluding carboxylic acids is 1. The highest BCUT2D eigenvalue weighted by molar-refractivity contribution is 8.00. The molecule has 18 heavy (non-hydrogen) atoms. The van der Waals surface area contributed by atoms with E-state index in [4.69, 9.17) is 5.11 Å². The minimum atomic E-state index is -0.997. The summed E-state index contributed by atoms with van der Waals surface area (Å²) in [6.45, 7) is 4.15. The number of amides is 2. The molecule has 1 fully saturated rings. The highest BCUT2D eigenvalue weighted by Gasteiger charge is 2.36. The number of thioether (sulfide) groups is 1. The van der Waals surface area contributed by atoms with Crippen LogP contribution in [0.25, 0.3) is 0 Å². The predicted molar refractivity (Wildman–Crippen MR) is 72.9 cm³/mol. The third kappa shape index (κ3) is 3.80. The minimum Gasteiger partial charge on any atom is -0.480 e. The van der Waals surface area contributed by atoms with Gasteiger partial charge in [-0.2, -0.15) is 11.8 Å². The van der Waals surface area contributed by atoms with Crippen LogP contribution in [0.2, 0.25) is 0 Å². The highest BCUT2D eigenvalue weighted by Crippen LogP contribution is 2.42. The molecule has 0 aromatic carbocycles. The molecule has 0 spiro atoms. The molecule has 0 saturated heterocycles. The Morgan fingerprint density at radius 2 is 2.00 bits per heavy atom. The van der Waals surface area contributed by atoms with Gasteiger partial charge in [0, 0.05) is 11.3 Å². The lowest BCUT2D eigenvalue weighted by Gasteiger charge is -2.40. The zero-order chi connectivity index (χ0) is 13.8. The van der Waals surface area contributed by atoms with Crippen molar-refractivity contribution in [3.05, 3.63) is 0 Å². The molecule has 3 N–H and O–H groups in total. The number of urea groups is 1. The van der Waals surface area contributed by atoms with E-state index in [9.17, 15) is 9.59 Å².